The number of carbonyl (C=O) groups is 1. The first kappa shape index (κ1) is 27.2. The number of nitrogens with one attached hydrogen (secondary N) is 2. The maximum absolute atomic E-state index is 13.3. The van der Waals surface area contributed by atoms with Gasteiger partial charge in [0.15, 0.2) is 0 Å². The van der Waals surface area contributed by atoms with Crippen LogP contribution in [0.4, 0.5) is 13.2 Å². The number of likely N-dealkylation sites (tertiary alicyclic amines) is 2. The number of hydrogen-bond acceptors (Lipinski definition) is 9. The van der Waals surface area contributed by atoms with Crippen LogP contribution >= 0.6 is 0 Å². The molecule has 0 aliphatic carbocycles. The van der Waals surface area contributed by atoms with Crippen LogP contribution in [0.1, 0.15) is 34.8 Å². The fraction of sp³-hybridized carbons (Fsp3) is 0.462. The van der Waals surface area contributed by atoms with Crippen LogP contribution in [0.15, 0.2) is 37.1 Å². The Labute approximate surface area is 233 Å². The molecule has 6 heterocycles. The molecule has 6 rings (SSSR count). The van der Waals surface area contributed by atoms with E-state index in [0.29, 0.717) is 45.6 Å². The molecule has 12 nitrogen and oxygen atoms in total. The molecule has 1 amide bonds. The van der Waals surface area contributed by atoms with Crippen molar-refractivity contribution in [3.63, 3.8) is 0 Å². The predicted octanol–water partition coefficient (Wildman–Crippen LogP) is 1.62. The average molecular weight is 570 g/mol. The highest BCUT2D eigenvalue weighted by atomic mass is 19.4. The van der Waals surface area contributed by atoms with Crippen LogP contribution in [0.25, 0.3) is 22.3 Å². The molecule has 4 aromatic rings. The number of carbonyl (C=O) groups excluding carboxylic acids is 1. The van der Waals surface area contributed by atoms with Crippen molar-refractivity contribution < 1.29 is 18.0 Å². The SMILES string of the molecule is CNCc1cc(C(=O)N2CCC(N3CC(CN)(n4cc(-c5ncnc6[nH]ccc56)cn4)C3)CC2)nc(C(F)(F)F)n1. The molecule has 216 valence electrons. The maximum Gasteiger partial charge on any atom is 0.451 e. The van der Waals surface area contributed by atoms with E-state index in [9.17, 15) is 18.0 Å². The number of aromatic amines is 1. The zero-order chi connectivity index (χ0) is 28.8. The fourth-order valence-corrected chi connectivity index (χ4v) is 5.74. The van der Waals surface area contributed by atoms with Crippen molar-refractivity contribution in [1.82, 2.24) is 49.8 Å². The smallest absolute Gasteiger partial charge is 0.346 e. The summed E-state index contributed by atoms with van der Waals surface area (Å²) in [6.07, 6.45) is 3.77. The maximum atomic E-state index is 13.3. The van der Waals surface area contributed by atoms with E-state index in [0.717, 1.165) is 22.3 Å². The van der Waals surface area contributed by atoms with E-state index in [4.69, 9.17) is 5.73 Å². The molecule has 0 radical (unpaired) electrons. The molecule has 2 fully saturated rings. The molecule has 2 aliphatic heterocycles. The summed E-state index contributed by atoms with van der Waals surface area (Å²) < 4.78 is 41.9. The third kappa shape index (κ3) is 5.04. The number of alkyl halides is 3. The predicted molar refractivity (Wildman–Crippen MR) is 142 cm³/mol. The molecule has 4 N–H and O–H groups in total. The largest absolute Gasteiger partial charge is 0.451 e. The first-order chi connectivity index (χ1) is 19.7. The van der Waals surface area contributed by atoms with E-state index < -0.39 is 17.9 Å². The minimum Gasteiger partial charge on any atom is -0.346 e. The Morgan fingerprint density at radius 1 is 1.22 bits per heavy atom. The summed E-state index contributed by atoms with van der Waals surface area (Å²) in [5.41, 5.74) is 8.21. The Kier molecular flexibility index (Phi) is 6.95. The van der Waals surface area contributed by atoms with E-state index in [1.165, 1.54) is 12.4 Å². The average Bonchev–Trinajstić information content (AvgIpc) is 3.63. The van der Waals surface area contributed by atoms with Crippen molar-refractivity contribution in [3.05, 3.63) is 54.3 Å². The third-order valence-corrected chi connectivity index (χ3v) is 7.95. The lowest BCUT2D eigenvalue weighted by atomic mass is 9.86. The minimum atomic E-state index is -4.74. The number of nitrogens with zero attached hydrogens (tertiary/aromatic N) is 8. The Hall–Kier alpha value is -3.95. The summed E-state index contributed by atoms with van der Waals surface area (Å²) in [4.78, 5) is 35.9. The zero-order valence-electron chi connectivity index (χ0n) is 22.4. The lowest BCUT2D eigenvalue weighted by Gasteiger charge is -2.54. The highest BCUT2D eigenvalue weighted by Crippen LogP contribution is 2.35. The van der Waals surface area contributed by atoms with Crippen molar-refractivity contribution in [2.75, 3.05) is 39.8 Å². The quantitative estimate of drug-likeness (QED) is 0.302. The van der Waals surface area contributed by atoms with E-state index in [1.807, 2.05) is 23.1 Å². The molecule has 0 bridgehead atoms. The van der Waals surface area contributed by atoms with E-state index >= 15 is 0 Å². The van der Waals surface area contributed by atoms with Crippen LogP contribution in [0.5, 0.6) is 0 Å². The number of aromatic nitrogens is 7. The molecule has 0 spiro atoms. The second-order valence-corrected chi connectivity index (χ2v) is 10.6. The number of halogens is 3. The van der Waals surface area contributed by atoms with Gasteiger partial charge in [0.05, 0.1) is 17.6 Å². The molecule has 41 heavy (non-hydrogen) atoms. The molecule has 0 atom stereocenters. The van der Waals surface area contributed by atoms with Gasteiger partial charge in [0, 0.05) is 68.7 Å². The lowest BCUT2D eigenvalue weighted by molar-refractivity contribution is -0.145. The van der Waals surface area contributed by atoms with Gasteiger partial charge in [-0.3, -0.25) is 14.4 Å². The van der Waals surface area contributed by atoms with E-state index in [-0.39, 0.29) is 29.5 Å². The monoisotopic (exact) mass is 569 g/mol. The first-order valence-corrected chi connectivity index (χ1v) is 13.4. The van der Waals surface area contributed by atoms with Gasteiger partial charge in [0.1, 0.15) is 23.2 Å². The molecule has 0 saturated carbocycles. The van der Waals surface area contributed by atoms with Crippen LogP contribution in [-0.2, 0) is 18.3 Å². The van der Waals surface area contributed by atoms with Gasteiger partial charge in [-0.05, 0) is 32.0 Å². The number of rotatable bonds is 7. The summed E-state index contributed by atoms with van der Waals surface area (Å²) in [5, 5.41) is 8.32. The number of hydrogen-bond donors (Lipinski definition) is 3. The molecule has 15 heteroatoms. The summed E-state index contributed by atoms with van der Waals surface area (Å²) in [5.74, 6) is -1.82. The van der Waals surface area contributed by atoms with Gasteiger partial charge >= 0.3 is 6.18 Å². The van der Waals surface area contributed by atoms with Crippen LogP contribution < -0.4 is 11.1 Å². The van der Waals surface area contributed by atoms with Crippen molar-refractivity contribution in [2.45, 2.75) is 37.1 Å². The highest BCUT2D eigenvalue weighted by molar-refractivity contribution is 5.92. The zero-order valence-corrected chi connectivity index (χ0v) is 22.4. The van der Waals surface area contributed by atoms with Crippen molar-refractivity contribution in [1.29, 1.82) is 0 Å². The Bertz CT molecular complexity index is 1550. The van der Waals surface area contributed by atoms with Crippen LogP contribution in [0, 0.1) is 0 Å². The Morgan fingerprint density at radius 2 is 2.00 bits per heavy atom. The van der Waals surface area contributed by atoms with Crippen molar-refractivity contribution in [2.24, 2.45) is 5.73 Å². The van der Waals surface area contributed by atoms with Gasteiger partial charge in [-0.25, -0.2) is 19.9 Å². The van der Waals surface area contributed by atoms with Crippen LogP contribution in [0.3, 0.4) is 0 Å². The fourth-order valence-electron chi connectivity index (χ4n) is 5.74. The molecule has 0 aromatic carbocycles. The van der Waals surface area contributed by atoms with Gasteiger partial charge in [0.25, 0.3) is 5.91 Å². The number of fused-ring (bicyclic) bond motifs is 1. The topological polar surface area (TPSA) is 147 Å². The normalized spacial score (nSPS) is 18.1. The Morgan fingerprint density at radius 3 is 2.71 bits per heavy atom. The first-order valence-electron chi connectivity index (χ1n) is 13.4. The summed E-state index contributed by atoms with van der Waals surface area (Å²) in [6.45, 7) is 2.78. The van der Waals surface area contributed by atoms with Crippen molar-refractivity contribution in [3.8, 4) is 11.3 Å². The van der Waals surface area contributed by atoms with E-state index in [1.54, 1.807) is 18.1 Å². The summed E-state index contributed by atoms with van der Waals surface area (Å²) >= 11 is 0. The van der Waals surface area contributed by atoms with E-state index in [2.05, 4.69) is 40.2 Å². The third-order valence-electron chi connectivity index (χ3n) is 7.95. The molecule has 2 aliphatic rings. The number of H-pyrrole nitrogens is 1. The second-order valence-electron chi connectivity index (χ2n) is 10.6. The standard InChI is InChI=1S/C26H30F3N11O/c1-31-10-17-8-20(37-24(36-17)26(27,28)29)23(41)38-6-3-18(4-7-38)39-13-25(12-30,14-39)40-11-16(9-35-40)21-19-2-5-32-22(19)34-15-33-21/h2,5,8-9,11,15,18,31H,3-4,6-7,10,12-14,30H2,1H3,(H,32,33,34). The highest BCUT2D eigenvalue weighted by Gasteiger charge is 2.47. The Balaban J connectivity index is 1.10. The summed E-state index contributed by atoms with van der Waals surface area (Å²) in [7, 11) is 1.60. The lowest BCUT2D eigenvalue weighted by Crippen LogP contribution is -2.69. The minimum absolute atomic E-state index is 0.0963. The van der Waals surface area contributed by atoms with Gasteiger partial charge < -0.3 is 20.9 Å². The second kappa shape index (κ2) is 10.5. The molecule has 2 saturated heterocycles. The van der Waals surface area contributed by atoms with Gasteiger partial charge in [-0.1, -0.05) is 0 Å². The summed E-state index contributed by atoms with van der Waals surface area (Å²) in [6, 6.07) is 3.49. The van der Waals surface area contributed by atoms with Gasteiger partial charge in [-0.15, -0.1) is 0 Å². The van der Waals surface area contributed by atoms with Gasteiger partial charge in [-0.2, -0.15) is 18.3 Å². The van der Waals surface area contributed by atoms with Gasteiger partial charge in [0.2, 0.25) is 5.82 Å². The molecular weight excluding hydrogens is 539 g/mol. The van der Waals surface area contributed by atoms with Crippen LogP contribution in [-0.4, -0.2) is 96.2 Å². The number of nitrogens with two attached hydrogens (primary N) is 1. The van der Waals surface area contributed by atoms with Crippen LogP contribution in [0.2, 0.25) is 0 Å². The number of piperidine rings is 1. The molecule has 4 aromatic heterocycles. The number of amides is 1. The van der Waals surface area contributed by atoms with Crippen molar-refractivity contribution >= 4 is 16.9 Å². The molecule has 0 unspecified atom stereocenters. The molecular formula is C26H30F3N11O.